The van der Waals surface area contributed by atoms with E-state index in [-0.39, 0.29) is 24.3 Å². The number of rotatable bonds is 4. The Hall–Kier alpha value is -3.80. The first-order chi connectivity index (χ1) is 13.5. The second-order valence-corrected chi connectivity index (χ2v) is 6.59. The van der Waals surface area contributed by atoms with Gasteiger partial charge < -0.3 is 5.32 Å². The fraction of sp³-hybridized carbons (Fsp3) is 0.0909. The minimum atomic E-state index is -0.318. The molecule has 0 saturated heterocycles. The Morgan fingerprint density at radius 1 is 1.00 bits per heavy atom. The molecule has 1 aliphatic rings. The van der Waals surface area contributed by atoms with Gasteiger partial charge in [-0.05, 0) is 48.4 Å². The van der Waals surface area contributed by atoms with Gasteiger partial charge in [0.15, 0.2) is 0 Å². The van der Waals surface area contributed by atoms with Crippen LogP contribution in [0.1, 0.15) is 42.2 Å². The summed E-state index contributed by atoms with van der Waals surface area (Å²) in [6.45, 7) is 2.00. The van der Waals surface area contributed by atoms with Gasteiger partial charge in [0.2, 0.25) is 0 Å². The molecule has 6 heteroatoms. The van der Waals surface area contributed by atoms with Crippen molar-refractivity contribution in [1.82, 2.24) is 9.88 Å². The maximum atomic E-state index is 12.6. The first kappa shape index (κ1) is 17.6. The molecule has 138 valence electrons. The van der Waals surface area contributed by atoms with Crippen molar-refractivity contribution in [3.63, 3.8) is 0 Å². The van der Waals surface area contributed by atoms with Crippen molar-refractivity contribution >= 4 is 23.4 Å². The third-order valence-electron chi connectivity index (χ3n) is 4.70. The number of pyridine rings is 1. The highest BCUT2D eigenvalue weighted by Crippen LogP contribution is 2.24. The van der Waals surface area contributed by atoms with Crippen LogP contribution in [0.3, 0.4) is 0 Å². The van der Waals surface area contributed by atoms with Gasteiger partial charge in [-0.3, -0.25) is 24.3 Å². The molecule has 4 rings (SSSR count). The van der Waals surface area contributed by atoms with E-state index in [1.807, 2.05) is 13.0 Å². The maximum Gasteiger partial charge on any atom is 0.261 e. The number of hydrogen-bond acceptors (Lipinski definition) is 4. The number of nitrogens with one attached hydrogen (secondary N) is 1. The number of carbonyl (C=O) groups excluding carboxylic acids is 3. The lowest BCUT2D eigenvalue weighted by molar-refractivity contribution is 0.0642. The van der Waals surface area contributed by atoms with Gasteiger partial charge in [-0.15, -0.1) is 0 Å². The molecule has 2 aromatic carbocycles. The summed E-state index contributed by atoms with van der Waals surface area (Å²) < 4.78 is 0. The Labute approximate surface area is 161 Å². The average molecular weight is 371 g/mol. The number of imide groups is 1. The van der Waals surface area contributed by atoms with Crippen molar-refractivity contribution < 1.29 is 14.4 Å². The topological polar surface area (TPSA) is 79.4 Å². The molecule has 1 N–H and O–H groups in total. The number of fused-ring (bicyclic) bond motifs is 1. The highest BCUT2D eigenvalue weighted by molar-refractivity contribution is 6.21. The predicted molar refractivity (Wildman–Crippen MR) is 104 cm³/mol. The van der Waals surface area contributed by atoms with Crippen molar-refractivity contribution in [2.24, 2.45) is 0 Å². The number of anilines is 1. The number of hydrogen-bond donors (Lipinski definition) is 1. The third-order valence-corrected chi connectivity index (χ3v) is 4.70. The third kappa shape index (κ3) is 3.16. The van der Waals surface area contributed by atoms with Crippen LogP contribution in [0.25, 0.3) is 0 Å². The van der Waals surface area contributed by atoms with Gasteiger partial charge in [0, 0.05) is 11.8 Å². The summed E-state index contributed by atoms with van der Waals surface area (Å²) in [6.07, 6.45) is 3.25. The molecule has 0 fully saturated rings. The van der Waals surface area contributed by atoms with Crippen LogP contribution in [0.4, 0.5) is 5.69 Å². The maximum absolute atomic E-state index is 12.6. The molecule has 0 radical (unpaired) electrons. The van der Waals surface area contributed by atoms with Crippen LogP contribution in [-0.4, -0.2) is 27.6 Å². The minimum Gasteiger partial charge on any atom is -0.320 e. The minimum absolute atomic E-state index is 0.111. The monoisotopic (exact) mass is 371 g/mol. The quantitative estimate of drug-likeness (QED) is 0.713. The molecule has 1 aromatic heterocycles. The van der Waals surface area contributed by atoms with E-state index in [1.54, 1.807) is 60.9 Å². The first-order valence-electron chi connectivity index (χ1n) is 8.81. The van der Waals surface area contributed by atoms with E-state index in [9.17, 15) is 14.4 Å². The highest BCUT2D eigenvalue weighted by Gasteiger charge is 2.34. The van der Waals surface area contributed by atoms with Crippen LogP contribution in [0.2, 0.25) is 0 Å². The van der Waals surface area contributed by atoms with Crippen molar-refractivity contribution in [3.8, 4) is 0 Å². The SMILES string of the molecule is Cc1ccncc1NC(=O)c1cccc(CN2C(=O)c3ccccc3C2=O)c1. The van der Waals surface area contributed by atoms with Gasteiger partial charge in [-0.25, -0.2) is 0 Å². The Bertz CT molecular complexity index is 1070. The van der Waals surface area contributed by atoms with E-state index < -0.39 is 0 Å². The summed E-state index contributed by atoms with van der Waals surface area (Å²) >= 11 is 0. The zero-order chi connectivity index (χ0) is 19.7. The number of nitrogens with zero attached hydrogens (tertiary/aromatic N) is 2. The summed E-state index contributed by atoms with van der Waals surface area (Å²) in [5.74, 6) is -0.914. The molecule has 0 saturated carbocycles. The number of aromatic nitrogens is 1. The molecule has 0 atom stereocenters. The Kier molecular flexibility index (Phi) is 4.45. The normalized spacial score (nSPS) is 12.8. The largest absolute Gasteiger partial charge is 0.320 e. The highest BCUT2D eigenvalue weighted by atomic mass is 16.2. The van der Waals surface area contributed by atoms with Gasteiger partial charge >= 0.3 is 0 Å². The lowest BCUT2D eigenvalue weighted by Gasteiger charge is -2.14. The van der Waals surface area contributed by atoms with Crippen LogP contribution >= 0.6 is 0 Å². The molecule has 28 heavy (non-hydrogen) atoms. The van der Waals surface area contributed by atoms with Crippen LogP contribution in [-0.2, 0) is 6.54 Å². The second-order valence-electron chi connectivity index (χ2n) is 6.59. The average Bonchev–Trinajstić information content (AvgIpc) is 2.95. The van der Waals surface area contributed by atoms with Gasteiger partial charge in [-0.1, -0.05) is 24.3 Å². The van der Waals surface area contributed by atoms with E-state index >= 15 is 0 Å². The summed E-state index contributed by atoms with van der Waals surface area (Å²) in [4.78, 5) is 42.9. The van der Waals surface area contributed by atoms with Crippen LogP contribution in [0, 0.1) is 6.92 Å². The molecule has 0 aliphatic carbocycles. The van der Waals surface area contributed by atoms with E-state index in [0.717, 1.165) is 5.56 Å². The zero-order valence-corrected chi connectivity index (χ0v) is 15.2. The molecule has 3 aromatic rings. The molecular formula is C22H17N3O3. The standard InChI is InChI=1S/C22H17N3O3/c1-14-9-10-23-12-19(14)24-20(26)16-6-4-5-15(11-16)13-25-21(27)17-7-2-3-8-18(17)22(25)28/h2-12H,13H2,1H3,(H,24,26). The molecule has 6 nitrogen and oxygen atoms in total. The fourth-order valence-electron chi connectivity index (χ4n) is 3.17. The Morgan fingerprint density at radius 2 is 1.71 bits per heavy atom. The van der Waals surface area contributed by atoms with Gasteiger partial charge in [0.05, 0.1) is 29.6 Å². The Morgan fingerprint density at radius 3 is 2.39 bits per heavy atom. The van der Waals surface area contributed by atoms with Crippen molar-refractivity contribution in [1.29, 1.82) is 0 Å². The molecule has 0 spiro atoms. The summed E-state index contributed by atoms with van der Waals surface area (Å²) in [6, 6.07) is 15.5. The van der Waals surface area contributed by atoms with Gasteiger partial charge in [-0.2, -0.15) is 0 Å². The number of benzene rings is 2. The van der Waals surface area contributed by atoms with E-state index in [2.05, 4.69) is 10.3 Å². The lowest BCUT2D eigenvalue weighted by atomic mass is 10.1. The summed E-state index contributed by atoms with van der Waals surface area (Å²) in [5, 5.41) is 2.83. The summed E-state index contributed by atoms with van der Waals surface area (Å²) in [7, 11) is 0. The zero-order valence-electron chi connectivity index (χ0n) is 15.2. The molecule has 0 bridgehead atoms. The van der Waals surface area contributed by atoms with Gasteiger partial charge in [0.1, 0.15) is 0 Å². The predicted octanol–water partition coefficient (Wildman–Crippen LogP) is 3.44. The molecular weight excluding hydrogens is 354 g/mol. The molecule has 1 aliphatic heterocycles. The summed E-state index contributed by atoms with van der Waals surface area (Å²) in [5.41, 5.74) is 3.51. The van der Waals surface area contributed by atoms with Gasteiger partial charge in [0.25, 0.3) is 17.7 Å². The van der Waals surface area contributed by atoms with E-state index in [1.165, 1.54) is 4.90 Å². The smallest absolute Gasteiger partial charge is 0.261 e. The van der Waals surface area contributed by atoms with Crippen LogP contribution in [0.5, 0.6) is 0 Å². The van der Waals surface area contributed by atoms with E-state index in [0.29, 0.717) is 27.9 Å². The van der Waals surface area contributed by atoms with E-state index in [4.69, 9.17) is 0 Å². The number of amides is 3. The van der Waals surface area contributed by atoms with Crippen molar-refractivity contribution in [2.45, 2.75) is 13.5 Å². The second kappa shape index (κ2) is 7.08. The lowest BCUT2D eigenvalue weighted by Crippen LogP contribution is -2.29. The van der Waals surface area contributed by atoms with Crippen molar-refractivity contribution in [2.75, 3.05) is 5.32 Å². The molecule has 0 unspecified atom stereocenters. The van der Waals surface area contributed by atoms with Crippen LogP contribution < -0.4 is 5.32 Å². The Balaban J connectivity index is 1.54. The number of aryl methyl sites for hydroxylation is 1. The molecule has 3 amide bonds. The van der Waals surface area contributed by atoms with Crippen molar-refractivity contribution in [3.05, 3.63) is 94.8 Å². The first-order valence-corrected chi connectivity index (χ1v) is 8.81. The molecule has 2 heterocycles. The fourth-order valence-corrected chi connectivity index (χ4v) is 3.17. The van der Waals surface area contributed by atoms with Crippen LogP contribution in [0.15, 0.2) is 67.0 Å². The number of carbonyl (C=O) groups is 3.